The van der Waals surface area contributed by atoms with Crippen LogP contribution in [0.3, 0.4) is 0 Å². The van der Waals surface area contributed by atoms with Crippen LogP contribution in [0, 0.1) is 0 Å². The van der Waals surface area contributed by atoms with E-state index >= 15 is 0 Å². The monoisotopic (exact) mass is 276 g/mol. The quantitative estimate of drug-likeness (QED) is 0.843. The van der Waals surface area contributed by atoms with E-state index in [-0.39, 0.29) is 5.97 Å². The van der Waals surface area contributed by atoms with E-state index in [4.69, 9.17) is 15.2 Å². The zero-order valence-corrected chi connectivity index (χ0v) is 12.1. The Balaban J connectivity index is 2.32. The molecule has 5 heteroatoms. The van der Waals surface area contributed by atoms with Crippen molar-refractivity contribution in [2.75, 3.05) is 13.7 Å². The molecule has 1 heterocycles. The molecule has 0 radical (unpaired) electrons. The molecule has 0 saturated heterocycles. The summed E-state index contributed by atoms with van der Waals surface area (Å²) in [5.74, 6) is 0.419. The van der Waals surface area contributed by atoms with E-state index in [0.717, 1.165) is 22.2 Å². The van der Waals surface area contributed by atoms with Crippen LogP contribution in [-0.4, -0.2) is 30.3 Å². The molecular weight excluding hydrogens is 256 g/mol. The molecule has 2 N–H and O–H groups in total. The van der Waals surface area contributed by atoms with Gasteiger partial charge in [0.2, 0.25) is 0 Å². The Morgan fingerprint density at radius 2 is 2.20 bits per heavy atom. The molecule has 20 heavy (non-hydrogen) atoms. The van der Waals surface area contributed by atoms with Crippen LogP contribution in [-0.2, 0) is 23.0 Å². The van der Waals surface area contributed by atoms with Crippen molar-refractivity contribution in [3.05, 3.63) is 30.0 Å². The van der Waals surface area contributed by atoms with Gasteiger partial charge in [-0.05, 0) is 30.7 Å². The molecule has 0 amide bonds. The van der Waals surface area contributed by atoms with Crippen LogP contribution in [0.1, 0.15) is 12.5 Å². The maximum Gasteiger partial charge on any atom is 0.323 e. The zero-order valence-electron chi connectivity index (χ0n) is 12.1. The van der Waals surface area contributed by atoms with E-state index in [2.05, 4.69) is 0 Å². The van der Waals surface area contributed by atoms with Gasteiger partial charge in [-0.25, -0.2) is 0 Å². The number of esters is 1. The van der Waals surface area contributed by atoms with Crippen molar-refractivity contribution >= 4 is 16.9 Å². The minimum absolute atomic E-state index is 0.343. The lowest BCUT2D eigenvalue weighted by atomic mass is 10.1. The van der Waals surface area contributed by atoms with Crippen molar-refractivity contribution in [3.8, 4) is 5.75 Å². The molecule has 0 aliphatic rings. The van der Waals surface area contributed by atoms with E-state index in [1.165, 1.54) is 0 Å². The molecule has 2 aromatic rings. The normalized spacial score (nSPS) is 12.4. The smallest absolute Gasteiger partial charge is 0.323 e. The van der Waals surface area contributed by atoms with Gasteiger partial charge in [0, 0.05) is 30.6 Å². The van der Waals surface area contributed by atoms with Crippen molar-refractivity contribution in [3.63, 3.8) is 0 Å². The maximum absolute atomic E-state index is 11.6. The largest absolute Gasteiger partial charge is 0.497 e. The third-order valence-electron chi connectivity index (χ3n) is 3.31. The fraction of sp³-hybridized carbons (Fsp3) is 0.400. The summed E-state index contributed by atoms with van der Waals surface area (Å²) in [6.07, 6.45) is 2.44. The lowest BCUT2D eigenvalue weighted by molar-refractivity contribution is -0.144. The Bertz CT molecular complexity index is 619. The van der Waals surface area contributed by atoms with E-state index in [1.54, 1.807) is 14.0 Å². The van der Waals surface area contributed by atoms with Crippen molar-refractivity contribution in [1.82, 2.24) is 4.57 Å². The number of hydrogen-bond donors (Lipinski definition) is 1. The third kappa shape index (κ3) is 2.77. The minimum atomic E-state index is -0.647. The first-order chi connectivity index (χ1) is 9.56. The fourth-order valence-electron chi connectivity index (χ4n) is 2.31. The Hall–Kier alpha value is -2.01. The van der Waals surface area contributed by atoms with Gasteiger partial charge in [0.25, 0.3) is 0 Å². The Morgan fingerprint density at radius 1 is 1.45 bits per heavy atom. The molecule has 5 nitrogen and oxygen atoms in total. The van der Waals surface area contributed by atoms with Gasteiger partial charge in [-0.1, -0.05) is 0 Å². The minimum Gasteiger partial charge on any atom is -0.497 e. The topological polar surface area (TPSA) is 66.5 Å². The lowest BCUT2D eigenvalue weighted by Crippen LogP contribution is -2.34. The molecule has 0 saturated carbocycles. The first-order valence-corrected chi connectivity index (χ1v) is 6.61. The highest BCUT2D eigenvalue weighted by molar-refractivity contribution is 5.86. The first-order valence-electron chi connectivity index (χ1n) is 6.61. The fourth-order valence-corrected chi connectivity index (χ4v) is 2.31. The van der Waals surface area contributed by atoms with Gasteiger partial charge in [0.15, 0.2) is 0 Å². The second-order valence-electron chi connectivity index (χ2n) is 4.71. The van der Waals surface area contributed by atoms with Crippen molar-refractivity contribution in [2.45, 2.75) is 19.4 Å². The molecule has 1 aromatic heterocycles. The molecular formula is C15H20N2O3. The zero-order chi connectivity index (χ0) is 14.7. The van der Waals surface area contributed by atoms with E-state index in [0.29, 0.717) is 13.0 Å². The summed E-state index contributed by atoms with van der Waals surface area (Å²) in [7, 11) is 3.60. The Kier molecular flexibility index (Phi) is 4.29. The molecule has 108 valence electrons. The summed E-state index contributed by atoms with van der Waals surface area (Å²) in [6.45, 7) is 2.11. The number of hydrogen-bond acceptors (Lipinski definition) is 4. The molecule has 0 bridgehead atoms. The summed E-state index contributed by atoms with van der Waals surface area (Å²) in [6, 6.07) is 5.22. The van der Waals surface area contributed by atoms with Gasteiger partial charge < -0.3 is 19.8 Å². The highest BCUT2D eigenvalue weighted by atomic mass is 16.5. The molecule has 0 spiro atoms. The number of rotatable bonds is 5. The van der Waals surface area contributed by atoms with Crippen LogP contribution in [0.4, 0.5) is 0 Å². The van der Waals surface area contributed by atoms with Crippen molar-refractivity contribution in [1.29, 1.82) is 0 Å². The third-order valence-corrected chi connectivity index (χ3v) is 3.31. The van der Waals surface area contributed by atoms with Crippen LogP contribution in [0.2, 0.25) is 0 Å². The van der Waals surface area contributed by atoms with Gasteiger partial charge in [-0.15, -0.1) is 0 Å². The number of ether oxygens (including phenoxy) is 2. The molecule has 0 aliphatic carbocycles. The van der Waals surface area contributed by atoms with Crippen LogP contribution in [0.25, 0.3) is 10.9 Å². The predicted molar refractivity (Wildman–Crippen MR) is 77.8 cm³/mol. The highest BCUT2D eigenvalue weighted by Crippen LogP contribution is 2.26. The van der Waals surface area contributed by atoms with E-state index in [1.807, 2.05) is 36.0 Å². The summed E-state index contributed by atoms with van der Waals surface area (Å²) in [4.78, 5) is 11.6. The van der Waals surface area contributed by atoms with Gasteiger partial charge in [-0.3, -0.25) is 4.79 Å². The van der Waals surface area contributed by atoms with E-state index in [9.17, 15) is 4.79 Å². The van der Waals surface area contributed by atoms with E-state index < -0.39 is 6.04 Å². The molecule has 0 fully saturated rings. The standard InChI is InChI=1S/C15H20N2O3/c1-4-20-15(18)13(16)7-10-9-17(2)14-6-5-11(19-3)8-12(10)14/h5-6,8-9,13H,4,7,16H2,1-3H3. The van der Waals surface area contributed by atoms with Gasteiger partial charge >= 0.3 is 5.97 Å². The second kappa shape index (κ2) is 5.96. The second-order valence-corrected chi connectivity index (χ2v) is 4.71. The number of nitrogens with zero attached hydrogens (tertiary/aromatic N) is 1. The van der Waals surface area contributed by atoms with Gasteiger partial charge in [0.05, 0.1) is 13.7 Å². The summed E-state index contributed by atoms with van der Waals surface area (Å²) < 4.78 is 12.2. The van der Waals surface area contributed by atoms with Crippen LogP contribution in [0.15, 0.2) is 24.4 Å². The summed E-state index contributed by atoms with van der Waals surface area (Å²) in [5.41, 5.74) is 7.99. The number of benzene rings is 1. The molecule has 1 aromatic carbocycles. The average Bonchev–Trinajstić information content (AvgIpc) is 2.75. The first kappa shape index (κ1) is 14.4. The SMILES string of the molecule is CCOC(=O)C(N)Cc1cn(C)c2ccc(OC)cc12. The molecule has 1 atom stereocenters. The van der Waals surface area contributed by atoms with Gasteiger partial charge in [-0.2, -0.15) is 0 Å². The Morgan fingerprint density at radius 3 is 2.85 bits per heavy atom. The number of carbonyl (C=O) groups excluding carboxylic acids is 1. The van der Waals surface area contributed by atoms with Crippen LogP contribution < -0.4 is 10.5 Å². The number of aryl methyl sites for hydroxylation is 1. The number of aromatic nitrogens is 1. The highest BCUT2D eigenvalue weighted by Gasteiger charge is 2.18. The molecule has 2 rings (SSSR count). The molecule has 1 unspecified atom stereocenters. The summed E-state index contributed by atoms with van der Waals surface area (Å²) in [5, 5.41) is 1.05. The number of methoxy groups -OCH3 is 1. The predicted octanol–water partition coefficient (Wildman–Crippen LogP) is 1.62. The molecule has 0 aliphatic heterocycles. The number of carbonyl (C=O) groups is 1. The van der Waals surface area contributed by atoms with Gasteiger partial charge in [0.1, 0.15) is 11.8 Å². The Labute approximate surface area is 118 Å². The average molecular weight is 276 g/mol. The summed E-state index contributed by atoms with van der Waals surface area (Å²) >= 11 is 0. The number of nitrogens with two attached hydrogens (primary N) is 1. The lowest BCUT2D eigenvalue weighted by Gasteiger charge is -2.09. The number of fused-ring (bicyclic) bond motifs is 1. The van der Waals surface area contributed by atoms with Crippen molar-refractivity contribution in [2.24, 2.45) is 12.8 Å². The van der Waals surface area contributed by atoms with Crippen LogP contribution >= 0.6 is 0 Å². The maximum atomic E-state index is 11.6. The van der Waals surface area contributed by atoms with Crippen molar-refractivity contribution < 1.29 is 14.3 Å². The van der Waals surface area contributed by atoms with Crippen LogP contribution in [0.5, 0.6) is 5.75 Å².